The Balaban J connectivity index is 1.68. The van der Waals surface area contributed by atoms with Crippen LogP contribution in [0.4, 0.5) is 16.6 Å². The van der Waals surface area contributed by atoms with E-state index in [2.05, 4.69) is 20.3 Å². The molecule has 172 valence electrons. The van der Waals surface area contributed by atoms with Crippen LogP contribution < -0.4 is 5.73 Å². The third-order valence-corrected chi connectivity index (χ3v) is 7.41. The quantitative estimate of drug-likeness (QED) is 0.267. The summed E-state index contributed by atoms with van der Waals surface area (Å²) in [6.07, 6.45) is 0. The van der Waals surface area contributed by atoms with E-state index in [-0.39, 0.29) is 26.4 Å². The maximum absolute atomic E-state index is 11.4. The Kier molecular flexibility index (Phi) is 5.53. The second-order valence-corrected chi connectivity index (χ2v) is 10.8. The highest BCUT2D eigenvalue weighted by Gasteiger charge is 2.18. The van der Waals surface area contributed by atoms with Gasteiger partial charge < -0.3 is 5.73 Å². The van der Waals surface area contributed by atoms with Crippen molar-refractivity contribution in [2.75, 3.05) is 5.73 Å². The number of aromatic nitrogens is 3. The van der Waals surface area contributed by atoms with E-state index in [0.717, 1.165) is 11.3 Å². The number of fused-ring (bicyclic) bond motifs is 1. The maximum Gasteiger partial charge on any atom is 0.294 e. The normalized spacial score (nSPS) is 12.7. The first-order chi connectivity index (χ1) is 15.3. The van der Waals surface area contributed by atoms with E-state index in [1.807, 2.05) is 0 Å². The Morgan fingerprint density at radius 2 is 1.73 bits per heavy atom. The summed E-state index contributed by atoms with van der Waals surface area (Å²) < 4.78 is 65.9. The molecule has 33 heavy (non-hydrogen) atoms. The smallest absolute Gasteiger partial charge is 0.294 e. The van der Waals surface area contributed by atoms with Crippen LogP contribution in [-0.2, 0) is 20.2 Å². The molecule has 0 bridgehead atoms. The van der Waals surface area contributed by atoms with Gasteiger partial charge in [0.1, 0.15) is 0 Å². The molecule has 2 aromatic heterocycles. The molecule has 12 nitrogen and oxygen atoms in total. The minimum absolute atomic E-state index is 0.144. The standard InChI is InChI=1S/C18H16N6O6S3/c1-9-7-11(3-6-15(9)33(28,29)30)24-17(19)16(10(2)23-24)21-22-18-20-13-8-12(32(25,26)27)4-5-14(13)31-18/h3-8H,19H2,1-2H3,(H,25,26,27)(H,28,29,30)/b22-21+. The summed E-state index contributed by atoms with van der Waals surface area (Å²) in [5.74, 6) is 0.144. The van der Waals surface area contributed by atoms with Gasteiger partial charge in [-0.2, -0.15) is 21.9 Å². The molecule has 0 amide bonds. The molecule has 0 radical (unpaired) electrons. The summed E-state index contributed by atoms with van der Waals surface area (Å²) in [7, 11) is -8.71. The number of anilines is 1. The van der Waals surface area contributed by atoms with Crippen LogP contribution in [0.3, 0.4) is 0 Å². The zero-order valence-electron chi connectivity index (χ0n) is 17.0. The Morgan fingerprint density at radius 1 is 1.00 bits per heavy atom. The molecule has 0 saturated carbocycles. The van der Waals surface area contributed by atoms with Crippen molar-refractivity contribution in [2.24, 2.45) is 10.2 Å². The van der Waals surface area contributed by atoms with Crippen molar-refractivity contribution in [3.8, 4) is 5.69 Å². The van der Waals surface area contributed by atoms with E-state index in [0.29, 0.717) is 27.2 Å². The van der Waals surface area contributed by atoms with E-state index >= 15 is 0 Å². The number of nitrogens with zero attached hydrogens (tertiary/aromatic N) is 5. The molecule has 4 rings (SSSR count). The zero-order chi connectivity index (χ0) is 24.1. The lowest BCUT2D eigenvalue weighted by molar-refractivity contribution is 0.480. The van der Waals surface area contributed by atoms with Crippen LogP contribution >= 0.6 is 11.3 Å². The molecular formula is C18H16N6O6S3. The van der Waals surface area contributed by atoms with Crippen LogP contribution in [0.2, 0.25) is 0 Å². The largest absolute Gasteiger partial charge is 0.382 e. The monoisotopic (exact) mass is 508 g/mol. The molecule has 2 heterocycles. The van der Waals surface area contributed by atoms with Crippen LogP contribution in [0.25, 0.3) is 15.9 Å². The second kappa shape index (κ2) is 7.96. The highest BCUT2D eigenvalue weighted by atomic mass is 32.2. The molecule has 4 N–H and O–H groups in total. The molecule has 2 aromatic carbocycles. The first-order valence-corrected chi connectivity index (χ1v) is 12.8. The van der Waals surface area contributed by atoms with Crippen LogP contribution in [0.5, 0.6) is 0 Å². The molecule has 0 spiro atoms. The van der Waals surface area contributed by atoms with E-state index < -0.39 is 20.2 Å². The minimum atomic E-state index is -4.35. The second-order valence-electron chi connectivity index (χ2n) is 6.96. The van der Waals surface area contributed by atoms with Crippen LogP contribution in [0, 0.1) is 13.8 Å². The van der Waals surface area contributed by atoms with Gasteiger partial charge in [-0.25, -0.2) is 9.67 Å². The fraction of sp³-hybridized carbons (Fsp3) is 0.111. The van der Waals surface area contributed by atoms with Crippen molar-refractivity contribution in [1.82, 2.24) is 14.8 Å². The summed E-state index contributed by atoms with van der Waals surface area (Å²) in [5, 5.41) is 12.8. The van der Waals surface area contributed by atoms with E-state index in [1.165, 1.54) is 48.0 Å². The summed E-state index contributed by atoms with van der Waals surface area (Å²) in [5.41, 5.74) is 8.00. The van der Waals surface area contributed by atoms with E-state index in [9.17, 15) is 25.9 Å². The number of azo groups is 1. The fourth-order valence-electron chi connectivity index (χ4n) is 3.10. The van der Waals surface area contributed by atoms with Crippen molar-refractivity contribution in [3.63, 3.8) is 0 Å². The molecular weight excluding hydrogens is 492 g/mol. The Hall–Kier alpha value is -3.24. The number of nitrogens with two attached hydrogens (primary N) is 1. The van der Waals surface area contributed by atoms with Crippen molar-refractivity contribution < 1.29 is 25.9 Å². The lowest BCUT2D eigenvalue weighted by Gasteiger charge is -2.07. The Labute approximate surface area is 191 Å². The van der Waals surface area contributed by atoms with Gasteiger partial charge in [-0.3, -0.25) is 9.11 Å². The molecule has 0 unspecified atom stereocenters. The molecule has 4 aromatic rings. The first-order valence-electron chi connectivity index (χ1n) is 9.08. The van der Waals surface area contributed by atoms with Crippen LogP contribution in [0.1, 0.15) is 11.3 Å². The number of rotatable bonds is 5. The van der Waals surface area contributed by atoms with Crippen molar-refractivity contribution >= 4 is 58.4 Å². The van der Waals surface area contributed by atoms with Gasteiger partial charge >= 0.3 is 0 Å². The van der Waals surface area contributed by atoms with Gasteiger partial charge in [0, 0.05) is 0 Å². The zero-order valence-corrected chi connectivity index (χ0v) is 19.5. The predicted molar refractivity (Wildman–Crippen MR) is 121 cm³/mol. The lowest BCUT2D eigenvalue weighted by atomic mass is 10.2. The highest BCUT2D eigenvalue weighted by Crippen LogP contribution is 2.34. The summed E-state index contributed by atoms with van der Waals surface area (Å²) in [6.45, 7) is 3.19. The fourth-order valence-corrected chi connectivity index (χ4v) is 5.08. The molecule has 0 fully saturated rings. The summed E-state index contributed by atoms with van der Waals surface area (Å²) in [4.78, 5) is 3.71. The van der Waals surface area contributed by atoms with Gasteiger partial charge in [0.05, 0.1) is 31.4 Å². The van der Waals surface area contributed by atoms with Gasteiger partial charge in [-0.05, 0) is 55.8 Å². The van der Waals surface area contributed by atoms with Crippen molar-refractivity contribution in [1.29, 1.82) is 0 Å². The van der Waals surface area contributed by atoms with Crippen molar-refractivity contribution in [2.45, 2.75) is 23.6 Å². The highest BCUT2D eigenvalue weighted by molar-refractivity contribution is 7.86. The molecule has 15 heteroatoms. The average molecular weight is 509 g/mol. The summed E-state index contributed by atoms with van der Waals surface area (Å²) >= 11 is 1.16. The lowest BCUT2D eigenvalue weighted by Crippen LogP contribution is -2.05. The van der Waals surface area contributed by atoms with Gasteiger partial charge in [0.15, 0.2) is 11.5 Å². The van der Waals surface area contributed by atoms with Gasteiger partial charge in [-0.15, -0.1) is 10.2 Å². The molecule has 0 aliphatic carbocycles. The van der Waals surface area contributed by atoms with Crippen LogP contribution in [-0.4, -0.2) is 40.7 Å². The first kappa shape index (κ1) is 22.9. The molecule has 0 saturated heterocycles. The number of thiazole rings is 1. The third kappa shape index (κ3) is 4.49. The number of hydrogen-bond acceptors (Lipinski definition) is 10. The Morgan fingerprint density at radius 3 is 2.36 bits per heavy atom. The van der Waals surface area contributed by atoms with Crippen molar-refractivity contribution in [3.05, 3.63) is 47.7 Å². The maximum atomic E-state index is 11.4. The van der Waals surface area contributed by atoms with E-state index in [1.54, 1.807) is 6.92 Å². The molecule has 0 aliphatic heterocycles. The number of benzene rings is 2. The predicted octanol–water partition coefficient (Wildman–Crippen LogP) is 3.59. The Bertz CT molecular complexity index is 1650. The van der Waals surface area contributed by atoms with Gasteiger partial charge in [-0.1, -0.05) is 11.3 Å². The molecule has 0 atom stereocenters. The summed E-state index contributed by atoms with van der Waals surface area (Å²) in [6, 6.07) is 8.20. The minimum Gasteiger partial charge on any atom is -0.382 e. The van der Waals surface area contributed by atoms with Gasteiger partial charge in [0.2, 0.25) is 5.13 Å². The van der Waals surface area contributed by atoms with E-state index in [4.69, 9.17) is 5.73 Å². The molecule has 0 aliphatic rings. The number of hydrogen-bond donors (Lipinski definition) is 3. The van der Waals surface area contributed by atoms with Gasteiger partial charge in [0.25, 0.3) is 20.2 Å². The number of nitrogen functional groups attached to an aromatic ring is 1. The number of aryl methyl sites for hydroxylation is 2. The van der Waals surface area contributed by atoms with Crippen LogP contribution in [0.15, 0.2) is 56.4 Å². The average Bonchev–Trinajstić information content (AvgIpc) is 3.24. The third-order valence-electron chi connectivity index (χ3n) is 4.63. The topological polar surface area (TPSA) is 190 Å². The SMILES string of the molecule is Cc1cc(-n2nc(C)c(/N=N/c3nc4cc(S(=O)(=O)O)ccc4s3)c2N)ccc1S(=O)(=O)O.